The van der Waals surface area contributed by atoms with Crippen LogP contribution in [0.4, 0.5) is 0 Å². The molecule has 1 fully saturated rings. The van der Waals surface area contributed by atoms with Crippen molar-refractivity contribution in [3.63, 3.8) is 0 Å². The lowest BCUT2D eigenvalue weighted by atomic mass is 10.1. The highest BCUT2D eigenvalue weighted by Crippen LogP contribution is 2.09. The number of amides is 2. The SMILES string of the molecule is Cc1ccc(C(=O)NCC(=O)NCC2CN(CC(C)C)CCO2)cc1C. The summed E-state index contributed by atoms with van der Waals surface area (Å²) in [6, 6.07) is 5.52. The maximum atomic E-state index is 12.1. The van der Waals surface area contributed by atoms with Gasteiger partial charge in [0, 0.05) is 31.7 Å². The van der Waals surface area contributed by atoms with Crippen LogP contribution in [0, 0.1) is 19.8 Å². The van der Waals surface area contributed by atoms with Crippen molar-refractivity contribution >= 4 is 11.8 Å². The Morgan fingerprint density at radius 1 is 1.23 bits per heavy atom. The van der Waals surface area contributed by atoms with Crippen LogP contribution in [0.2, 0.25) is 0 Å². The number of benzene rings is 1. The molecule has 6 heteroatoms. The Balaban J connectivity index is 1.71. The molecule has 144 valence electrons. The number of carbonyl (C=O) groups is 2. The number of aryl methyl sites for hydroxylation is 2. The van der Waals surface area contributed by atoms with Crippen molar-refractivity contribution < 1.29 is 14.3 Å². The average Bonchev–Trinajstić information content (AvgIpc) is 2.60. The number of rotatable bonds is 7. The van der Waals surface area contributed by atoms with E-state index in [2.05, 4.69) is 29.4 Å². The Morgan fingerprint density at radius 3 is 2.69 bits per heavy atom. The zero-order chi connectivity index (χ0) is 19.1. The summed E-state index contributed by atoms with van der Waals surface area (Å²) in [6.07, 6.45) is 0.00176. The molecule has 0 spiro atoms. The van der Waals surface area contributed by atoms with Crippen molar-refractivity contribution in [3.05, 3.63) is 34.9 Å². The van der Waals surface area contributed by atoms with E-state index in [0.717, 1.165) is 30.8 Å². The first-order valence-electron chi connectivity index (χ1n) is 9.31. The van der Waals surface area contributed by atoms with Crippen LogP contribution >= 0.6 is 0 Å². The highest BCUT2D eigenvalue weighted by Gasteiger charge is 2.21. The number of morpholine rings is 1. The standard InChI is InChI=1S/C20H31N3O3/c1-14(2)12-23-7-8-26-18(13-23)10-21-19(24)11-22-20(25)17-6-5-15(3)16(4)9-17/h5-6,9,14,18H,7-8,10-13H2,1-4H3,(H,21,24)(H,22,25). The fourth-order valence-corrected chi connectivity index (χ4v) is 3.02. The predicted octanol–water partition coefficient (Wildman–Crippen LogP) is 1.51. The molecule has 2 rings (SSSR count). The summed E-state index contributed by atoms with van der Waals surface area (Å²) in [4.78, 5) is 26.5. The van der Waals surface area contributed by atoms with E-state index < -0.39 is 0 Å². The van der Waals surface area contributed by atoms with E-state index in [9.17, 15) is 9.59 Å². The van der Waals surface area contributed by atoms with Crippen LogP contribution in [0.5, 0.6) is 0 Å². The fraction of sp³-hybridized carbons (Fsp3) is 0.600. The third-order valence-corrected chi connectivity index (χ3v) is 4.55. The summed E-state index contributed by atoms with van der Waals surface area (Å²) < 4.78 is 5.72. The third kappa shape index (κ3) is 6.42. The summed E-state index contributed by atoms with van der Waals surface area (Å²) in [5.74, 6) is 0.177. The summed E-state index contributed by atoms with van der Waals surface area (Å²) in [5.41, 5.74) is 2.77. The predicted molar refractivity (Wildman–Crippen MR) is 102 cm³/mol. The second kappa shape index (κ2) is 9.69. The Bertz CT molecular complexity index is 631. The first kappa shape index (κ1) is 20.4. The Kier molecular flexibility index (Phi) is 7.60. The molecule has 1 unspecified atom stereocenters. The molecule has 2 amide bonds. The van der Waals surface area contributed by atoms with E-state index in [1.54, 1.807) is 6.07 Å². The molecule has 1 atom stereocenters. The van der Waals surface area contributed by atoms with Gasteiger partial charge in [-0.2, -0.15) is 0 Å². The van der Waals surface area contributed by atoms with Crippen LogP contribution < -0.4 is 10.6 Å². The van der Waals surface area contributed by atoms with E-state index in [4.69, 9.17) is 4.74 Å². The van der Waals surface area contributed by atoms with E-state index in [0.29, 0.717) is 24.6 Å². The first-order valence-corrected chi connectivity index (χ1v) is 9.31. The fourth-order valence-electron chi connectivity index (χ4n) is 3.02. The molecule has 26 heavy (non-hydrogen) atoms. The lowest BCUT2D eigenvalue weighted by Crippen LogP contribution is -2.49. The molecule has 2 N–H and O–H groups in total. The molecule has 1 aliphatic heterocycles. The van der Waals surface area contributed by atoms with Gasteiger partial charge >= 0.3 is 0 Å². The van der Waals surface area contributed by atoms with Crippen LogP contribution in [0.1, 0.15) is 35.3 Å². The van der Waals surface area contributed by atoms with Gasteiger partial charge in [0.25, 0.3) is 5.91 Å². The molecular weight excluding hydrogens is 330 g/mol. The largest absolute Gasteiger partial charge is 0.374 e. The minimum absolute atomic E-state index is 0.00176. The van der Waals surface area contributed by atoms with Gasteiger partial charge in [-0.25, -0.2) is 0 Å². The lowest BCUT2D eigenvalue weighted by molar-refractivity contribution is -0.121. The van der Waals surface area contributed by atoms with E-state index in [1.807, 2.05) is 26.0 Å². The highest BCUT2D eigenvalue weighted by atomic mass is 16.5. The molecule has 0 aliphatic carbocycles. The van der Waals surface area contributed by atoms with Crippen molar-refractivity contribution in [1.82, 2.24) is 15.5 Å². The zero-order valence-corrected chi connectivity index (χ0v) is 16.3. The molecule has 1 saturated heterocycles. The number of ether oxygens (including phenoxy) is 1. The topological polar surface area (TPSA) is 70.7 Å². The molecule has 0 aromatic heterocycles. The van der Waals surface area contributed by atoms with Gasteiger partial charge in [-0.15, -0.1) is 0 Å². The van der Waals surface area contributed by atoms with E-state index >= 15 is 0 Å². The van der Waals surface area contributed by atoms with Gasteiger partial charge in [-0.05, 0) is 43.0 Å². The van der Waals surface area contributed by atoms with Gasteiger partial charge in [-0.3, -0.25) is 14.5 Å². The van der Waals surface area contributed by atoms with Crippen molar-refractivity contribution in [1.29, 1.82) is 0 Å². The molecule has 1 aromatic carbocycles. The maximum Gasteiger partial charge on any atom is 0.251 e. The Labute approximate surface area is 156 Å². The highest BCUT2D eigenvalue weighted by molar-refractivity contribution is 5.96. The number of nitrogens with zero attached hydrogens (tertiary/aromatic N) is 1. The molecule has 0 saturated carbocycles. The summed E-state index contributed by atoms with van der Waals surface area (Å²) in [7, 11) is 0. The van der Waals surface area contributed by atoms with Crippen molar-refractivity contribution in [2.45, 2.75) is 33.8 Å². The Morgan fingerprint density at radius 2 is 2.00 bits per heavy atom. The van der Waals surface area contributed by atoms with Crippen LogP contribution in [0.15, 0.2) is 18.2 Å². The van der Waals surface area contributed by atoms with Gasteiger partial charge in [-0.1, -0.05) is 19.9 Å². The van der Waals surface area contributed by atoms with Crippen LogP contribution in [0.25, 0.3) is 0 Å². The van der Waals surface area contributed by atoms with Crippen LogP contribution in [0.3, 0.4) is 0 Å². The molecule has 6 nitrogen and oxygen atoms in total. The quantitative estimate of drug-likeness (QED) is 0.772. The normalized spacial score (nSPS) is 18.0. The van der Waals surface area contributed by atoms with Crippen molar-refractivity contribution in [3.8, 4) is 0 Å². The second-order valence-electron chi connectivity index (χ2n) is 7.43. The van der Waals surface area contributed by atoms with Crippen LogP contribution in [-0.2, 0) is 9.53 Å². The number of hydrogen-bond acceptors (Lipinski definition) is 4. The van der Waals surface area contributed by atoms with Crippen molar-refractivity contribution in [2.24, 2.45) is 5.92 Å². The van der Waals surface area contributed by atoms with E-state index in [-0.39, 0.29) is 24.5 Å². The molecule has 1 aromatic rings. The van der Waals surface area contributed by atoms with Crippen molar-refractivity contribution in [2.75, 3.05) is 39.3 Å². The smallest absolute Gasteiger partial charge is 0.251 e. The first-order chi connectivity index (χ1) is 12.3. The minimum atomic E-state index is -0.236. The molecule has 1 aliphatic rings. The number of hydrogen-bond donors (Lipinski definition) is 2. The van der Waals surface area contributed by atoms with Gasteiger partial charge in [0.15, 0.2) is 0 Å². The van der Waals surface area contributed by atoms with Gasteiger partial charge in [0.05, 0.1) is 19.3 Å². The molecule has 0 radical (unpaired) electrons. The lowest BCUT2D eigenvalue weighted by Gasteiger charge is -2.33. The van der Waals surface area contributed by atoms with Crippen LogP contribution in [-0.4, -0.2) is 62.1 Å². The number of nitrogens with one attached hydrogen (secondary N) is 2. The number of carbonyl (C=O) groups excluding carboxylic acids is 2. The molecule has 1 heterocycles. The summed E-state index contributed by atoms with van der Waals surface area (Å²) in [5, 5.41) is 5.51. The summed E-state index contributed by atoms with van der Waals surface area (Å²) in [6.45, 7) is 12.3. The van der Waals surface area contributed by atoms with Gasteiger partial charge in [0.2, 0.25) is 5.91 Å². The van der Waals surface area contributed by atoms with Gasteiger partial charge < -0.3 is 15.4 Å². The second-order valence-corrected chi connectivity index (χ2v) is 7.43. The van der Waals surface area contributed by atoms with Gasteiger partial charge in [0.1, 0.15) is 0 Å². The monoisotopic (exact) mass is 361 g/mol. The third-order valence-electron chi connectivity index (χ3n) is 4.55. The molecular formula is C20H31N3O3. The van der Waals surface area contributed by atoms with E-state index in [1.165, 1.54) is 0 Å². The Hall–Kier alpha value is -1.92. The summed E-state index contributed by atoms with van der Waals surface area (Å²) >= 11 is 0. The average molecular weight is 361 g/mol. The maximum absolute atomic E-state index is 12.1. The molecule has 0 bridgehead atoms. The zero-order valence-electron chi connectivity index (χ0n) is 16.3. The minimum Gasteiger partial charge on any atom is -0.374 e.